The molecule has 0 aliphatic carbocycles. The molecule has 1 aromatic carbocycles. The van der Waals surface area contributed by atoms with E-state index in [0.717, 1.165) is 95.5 Å². The zero-order valence-electron chi connectivity index (χ0n) is 19.1. The zero-order valence-corrected chi connectivity index (χ0v) is 19.1. The van der Waals surface area contributed by atoms with E-state index < -0.39 is 0 Å². The Morgan fingerprint density at radius 2 is 1.38 bits per heavy atom. The van der Waals surface area contributed by atoms with Gasteiger partial charge in [-0.1, -0.05) is 0 Å². The van der Waals surface area contributed by atoms with E-state index in [1.807, 2.05) is 12.1 Å². The minimum Gasteiger partial charge on any atom is -0.493 e. The molecule has 32 heavy (non-hydrogen) atoms. The van der Waals surface area contributed by atoms with Crippen molar-refractivity contribution >= 4 is 22.7 Å². The number of morpholine rings is 2. The number of hydrogen-bond donors (Lipinski definition) is 2. The Hall–Kier alpha value is -2.40. The number of nitrogens with zero attached hydrogens (tertiary/aromatic N) is 4. The number of benzene rings is 1. The smallest absolute Gasteiger partial charge is 0.225 e. The molecule has 2 aliphatic heterocycles. The fraction of sp³-hybridized carbons (Fsp3) is 0.636. The van der Waals surface area contributed by atoms with Gasteiger partial charge in [0.05, 0.1) is 46.2 Å². The second-order valence-corrected chi connectivity index (χ2v) is 7.88. The largest absolute Gasteiger partial charge is 0.493 e. The van der Waals surface area contributed by atoms with Crippen molar-refractivity contribution < 1.29 is 18.9 Å². The van der Waals surface area contributed by atoms with Gasteiger partial charge in [0.1, 0.15) is 5.82 Å². The van der Waals surface area contributed by atoms with Gasteiger partial charge in [-0.15, -0.1) is 0 Å². The third-order valence-corrected chi connectivity index (χ3v) is 5.84. The summed E-state index contributed by atoms with van der Waals surface area (Å²) in [4.78, 5) is 14.3. The first-order valence-electron chi connectivity index (χ1n) is 11.3. The molecule has 4 rings (SSSR count). The van der Waals surface area contributed by atoms with E-state index in [4.69, 9.17) is 28.9 Å². The second-order valence-electron chi connectivity index (χ2n) is 7.88. The maximum absolute atomic E-state index is 5.50. The van der Waals surface area contributed by atoms with Crippen molar-refractivity contribution in [3.8, 4) is 11.5 Å². The summed E-state index contributed by atoms with van der Waals surface area (Å²) in [5, 5.41) is 7.80. The Labute approximate surface area is 189 Å². The number of rotatable bonds is 10. The van der Waals surface area contributed by atoms with E-state index in [2.05, 4.69) is 20.4 Å². The van der Waals surface area contributed by atoms with Crippen LogP contribution >= 0.6 is 0 Å². The highest BCUT2D eigenvalue weighted by Crippen LogP contribution is 2.34. The molecule has 0 bridgehead atoms. The van der Waals surface area contributed by atoms with Crippen LogP contribution in [0, 0.1) is 0 Å². The highest BCUT2D eigenvalue weighted by Gasteiger charge is 2.15. The summed E-state index contributed by atoms with van der Waals surface area (Å²) in [5.41, 5.74) is 0.806. The highest BCUT2D eigenvalue weighted by molar-refractivity contribution is 5.92. The minimum atomic E-state index is 0.604. The van der Waals surface area contributed by atoms with E-state index in [0.29, 0.717) is 17.4 Å². The predicted octanol–water partition coefficient (Wildman–Crippen LogP) is 1.14. The van der Waals surface area contributed by atoms with Crippen LogP contribution in [0.4, 0.5) is 11.8 Å². The summed E-state index contributed by atoms with van der Waals surface area (Å²) >= 11 is 0. The van der Waals surface area contributed by atoms with Crippen LogP contribution in [0.5, 0.6) is 11.5 Å². The normalized spacial score (nSPS) is 17.9. The monoisotopic (exact) mass is 446 g/mol. The minimum absolute atomic E-state index is 0.604. The molecule has 2 aliphatic rings. The van der Waals surface area contributed by atoms with Crippen molar-refractivity contribution in [2.75, 3.05) is 104 Å². The van der Waals surface area contributed by atoms with Crippen molar-refractivity contribution in [1.82, 2.24) is 19.8 Å². The fourth-order valence-electron chi connectivity index (χ4n) is 3.98. The molecule has 2 fully saturated rings. The Morgan fingerprint density at radius 3 is 1.97 bits per heavy atom. The number of ether oxygens (including phenoxy) is 4. The Morgan fingerprint density at radius 1 is 0.812 bits per heavy atom. The standard InChI is InChI=1S/C22H34N6O4/c1-29-19-15-17-18(16-20(19)30-2)25-22(24-4-6-28-9-13-32-14-10-28)26-21(17)23-3-5-27-7-11-31-12-8-27/h15-16H,3-14H2,1-2H3,(H2,23,24,25,26). The summed E-state index contributed by atoms with van der Waals surface area (Å²) in [6, 6.07) is 3.83. The molecule has 0 saturated carbocycles. The van der Waals surface area contributed by atoms with Gasteiger partial charge in [0.25, 0.3) is 0 Å². The van der Waals surface area contributed by atoms with E-state index >= 15 is 0 Å². The van der Waals surface area contributed by atoms with Gasteiger partial charge in [0.15, 0.2) is 11.5 Å². The van der Waals surface area contributed by atoms with E-state index in [9.17, 15) is 0 Å². The van der Waals surface area contributed by atoms with Crippen LogP contribution in [0.25, 0.3) is 10.9 Å². The van der Waals surface area contributed by atoms with Crippen LogP contribution in [-0.2, 0) is 9.47 Å². The van der Waals surface area contributed by atoms with E-state index in [1.54, 1.807) is 14.2 Å². The molecule has 0 amide bonds. The number of nitrogens with one attached hydrogen (secondary N) is 2. The second kappa shape index (κ2) is 11.5. The Kier molecular flexibility index (Phi) is 8.16. The van der Waals surface area contributed by atoms with Crippen molar-refractivity contribution in [3.63, 3.8) is 0 Å². The van der Waals surface area contributed by atoms with Crippen LogP contribution < -0.4 is 20.1 Å². The lowest BCUT2D eigenvalue weighted by atomic mass is 10.2. The first kappa shape index (κ1) is 22.8. The molecule has 176 valence electrons. The molecule has 10 heteroatoms. The van der Waals surface area contributed by atoms with Gasteiger partial charge in [-0.2, -0.15) is 4.98 Å². The van der Waals surface area contributed by atoms with Crippen LogP contribution in [0.3, 0.4) is 0 Å². The maximum atomic E-state index is 5.50. The first-order chi connectivity index (χ1) is 15.8. The summed E-state index contributed by atoms with van der Waals surface area (Å²) in [6.45, 7) is 10.5. The number of hydrogen-bond acceptors (Lipinski definition) is 10. The summed E-state index contributed by atoms with van der Waals surface area (Å²) in [5.74, 6) is 2.70. The molecule has 2 aromatic rings. The average Bonchev–Trinajstić information content (AvgIpc) is 2.84. The van der Waals surface area contributed by atoms with Gasteiger partial charge < -0.3 is 29.6 Å². The van der Waals surface area contributed by atoms with Crippen molar-refractivity contribution in [2.45, 2.75) is 0 Å². The molecule has 10 nitrogen and oxygen atoms in total. The molecule has 1 aromatic heterocycles. The fourth-order valence-corrected chi connectivity index (χ4v) is 3.98. The SMILES string of the molecule is COc1cc2nc(NCCN3CCOCC3)nc(NCCN3CCOCC3)c2cc1OC. The van der Waals surface area contributed by atoms with Gasteiger partial charge >= 0.3 is 0 Å². The molecule has 0 atom stereocenters. The third kappa shape index (κ3) is 5.89. The van der Waals surface area contributed by atoms with Crippen LogP contribution in [-0.4, -0.2) is 113 Å². The van der Waals surface area contributed by atoms with Gasteiger partial charge in [-0.25, -0.2) is 4.98 Å². The van der Waals surface area contributed by atoms with Gasteiger partial charge in [-0.05, 0) is 6.07 Å². The quantitative estimate of drug-likeness (QED) is 0.553. The maximum Gasteiger partial charge on any atom is 0.225 e. The summed E-state index contributed by atoms with van der Waals surface area (Å²) in [7, 11) is 3.27. The number of methoxy groups -OCH3 is 2. The van der Waals surface area contributed by atoms with Gasteiger partial charge in [0, 0.05) is 63.8 Å². The van der Waals surface area contributed by atoms with Crippen molar-refractivity contribution in [2.24, 2.45) is 0 Å². The van der Waals surface area contributed by atoms with Crippen molar-refractivity contribution in [1.29, 1.82) is 0 Å². The average molecular weight is 447 g/mol. The van der Waals surface area contributed by atoms with Crippen LogP contribution in [0.2, 0.25) is 0 Å². The van der Waals surface area contributed by atoms with Crippen molar-refractivity contribution in [3.05, 3.63) is 12.1 Å². The summed E-state index contributed by atoms with van der Waals surface area (Å²) < 4.78 is 21.8. The lowest BCUT2D eigenvalue weighted by Crippen LogP contribution is -2.39. The van der Waals surface area contributed by atoms with E-state index in [1.165, 1.54) is 0 Å². The third-order valence-electron chi connectivity index (χ3n) is 5.84. The van der Waals surface area contributed by atoms with Crippen LogP contribution in [0.1, 0.15) is 0 Å². The Balaban J connectivity index is 1.49. The number of fused-ring (bicyclic) bond motifs is 1. The Bertz CT molecular complexity index is 871. The molecule has 0 radical (unpaired) electrons. The lowest BCUT2D eigenvalue weighted by molar-refractivity contribution is 0.0398. The molecule has 0 spiro atoms. The molecular weight excluding hydrogens is 412 g/mol. The van der Waals surface area contributed by atoms with Crippen LogP contribution in [0.15, 0.2) is 12.1 Å². The zero-order chi connectivity index (χ0) is 22.2. The van der Waals surface area contributed by atoms with E-state index in [-0.39, 0.29) is 0 Å². The molecule has 2 N–H and O–H groups in total. The topological polar surface area (TPSA) is 93.2 Å². The molecular formula is C22H34N6O4. The lowest BCUT2D eigenvalue weighted by Gasteiger charge is -2.27. The molecule has 3 heterocycles. The number of aromatic nitrogens is 2. The van der Waals surface area contributed by atoms with Gasteiger partial charge in [0.2, 0.25) is 5.95 Å². The predicted molar refractivity (Wildman–Crippen MR) is 124 cm³/mol. The van der Waals surface area contributed by atoms with Gasteiger partial charge in [-0.3, -0.25) is 9.80 Å². The summed E-state index contributed by atoms with van der Waals surface area (Å²) in [6.07, 6.45) is 0. The first-order valence-corrected chi connectivity index (χ1v) is 11.3. The number of anilines is 2. The molecule has 2 saturated heterocycles. The highest BCUT2D eigenvalue weighted by atomic mass is 16.5. The molecule has 0 unspecified atom stereocenters.